The van der Waals surface area contributed by atoms with Gasteiger partial charge in [-0.25, -0.2) is 0 Å². The number of carbonyl (C=O) groups excluding carboxylic acids is 1. The molecule has 6 heteroatoms. The number of nitrogens with zero attached hydrogens (tertiary/aromatic N) is 1. The van der Waals surface area contributed by atoms with E-state index in [9.17, 15) is 9.59 Å². The summed E-state index contributed by atoms with van der Waals surface area (Å²) in [5.41, 5.74) is 6.65. The molecule has 0 aromatic heterocycles. The van der Waals surface area contributed by atoms with Gasteiger partial charge < -0.3 is 15.7 Å². The number of amides is 1. The van der Waals surface area contributed by atoms with Crippen LogP contribution in [-0.2, 0) is 4.79 Å². The van der Waals surface area contributed by atoms with Crippen LogP contribution in [0.5, 0.6) is 0 Å². The van der Waals surface area contributed by atoms with Gasteiger partial charge in [-0.3, -0.25) is 9.59 Å². The molecule has 19 heavy (non-hydrogen) atoms. The quantitative estimate of drug-likeness (QED) is 0.884. The lowest BCUT2D eigenvalue weighted by molar-refractivity contribution is -0.137. The molecule has 1 aromatic rings. The maximum absolute atomic E-state index is 11.1. The van der Waals surface area contributed by atoms with Crippen molar-refractivity contribution < 1.29 is 14.7 Å². The fourth-order valence-corrected chi connectivity index (χ4v) is 3.01. The molecule has 1 aliphatic heterocycles. The third kappa shape index (κ3) is 3.26. The summed E-state index contributed by atoms with van der Waals surface area (Å²) < 4.78 is 0.805. The number of nitrogens with two attached hydrogens (primary N) is 1. The van der Waals surface area contributed by atoms with Crippen molar-refractivity contribution in [3.05, 3.63) is 28.2 Å². The van der Waals surface area contributed by atoms with E-state index < -0.39 is 11.9 Å². The van der Waals surface area contributed by atoms with Crippen LogP contribution in [0.4, 0.5) is 5.69 Å². The Hall–Kier alpha value is -1.56. The third-order valence-electron chi connectivity index (χ3n) is 3.32. The number of benzene rings is 1. The summed E-state index contributed by atoms with van der Waals surface area (Å²) in [4.78, 5) is 23.9. The lowest BCUT2D eigenvalue weighted by Gasteiger charge is -2.20. The molecule has 1 unspecified atom stereocenters. The summed E-state index contributed by atoms with van der Waals surface area (Å²) in [5, 5.41) is 8.80. The van der Waals surface area contributed by atoms with Crippen LogP contribution in [0.2, 0.25) is 0 Å². The summed E-state index contributed by atoms with van der Waals surface area (Å²) in [7, 11) is 0. The highest BCUT2D eigenvalue weighted by atomic mass is 79.9. The number of hydrogen-bond donors (Lipinski definition) is 2. The van der Waals surface area contributed by atoms with Crippen LogP contribution < -0.4 is 10.6 Å². The number of carboxylic acid groups (broad SMARTS) is 1. The Kier molecular flexibility index (Phi) is 4.09. The fourth-order valence-electron chi connectivity index (χ4n) is 2.38. The van der Waals surface area contributed by atoms with Gasteiger partial charge in [0.25, 0.3) is 0 Å². The Balaban J connectivity index is 2.11. The molecule has 5 nitrogen and oxygen atoms in total. The number of halogens is 1. The minimum absolute atomic E-state index is 0.181. The molecule has 1 aliphatic rings. The topological polar surface area (TPSA) is 83.6 Å². The molecule has 1 atom stereocenters. The second-order valence-corrected chi connectivity index (χ2v) is 5.58. The molecule has 1 heterocycles. The van der Waals surface area contributed by atoms with Crippen molar-refractivity contribution in [1.29, 1.82) is 0 Å². The van der Waals surface area contributed by atoms with Gasteiger partial charge in [-0.1, -0.05) is 0 Å². The Morgan fingerprint density at radius 1 is 1.47 bits per heavy atom. The molecule has 0 bridgehead atoms. The van der Waals surface area contributed by atoms with Crippen molar-refractivity contribution in [1.82, 2.24) is 0 Å². The predicted molar refractivity (Wildman–Crippen MR) is 75.2 cm³/mol. The second-order valence-electron chi connectivity index (χ2n) is 4.73. The zero-order chi connectivity index (χ0) is 14.0. The highest BCUT2D eigenvalue weighted by Gasteiger charge is 2.25. The van der Waals surface area contributed by atoms with Crippen LogP contribution in [0.15, 0.2) is 22.7 Å². The van der Waals surface area contributed by atoms with Gasteiger partial charge in [0.15, 0.2) is 0 Å². The molecule has 1 saturated heterocycles. The van der Waals surface area contributed by atoms with E-state index >= 15 is 0 Å². The number of anilines is 1. The summed E-state index contributed by atoms with van der Waals surface area (Å²) in [6.07, 6.45) is 1.07. The largest absolute Gasteiger partial charge is 0.481 e. The molecule has 3 N–H and O–H groups in total. The third-order valence-corrected chi connectivity index (χ3v) is 3.96. The lowest BCUT2D eigenvalue weighted by atomic mass is 10.1. The van der Waals surface area contributed by atoms with E-state index in [0.29, 0.717) is 5.56 Å². The summed E-state index contributed by atoms with van der Waals surface area (Å²) in [5.74, 6) is -1.03. The van der Waals surface area contributed by atoms with Crippen LogP contribution in [0, 0.1) is 5.92 Å². The van der Waals surface area contributed by atoms with Gasteiger partial charge in [0.05, 0.1) is 5.69 Å². The maximum atomic E-state index is 11.1. The number of primary amides is 1. The maximum Gasteiger partial charge on any atom is 0.303 e. The zero-order valence-corrected chi connectivity index (χ0v) is 11.9. The van der Waals surface area contributed by atoms with E-state index in [0.717, 1.165) is 29.7 Å². The monoisotopic (exact) mass is 326 g/mol. The summed E-state index contributed by atoms with van der Waals surface area (Å²) in [6.45, 7) is 1.55. The van der Waals surface area contributed by atoms with Crippen molar-refractivity contribution in [2.24, 2.45) is 11.7 Å². The highest BCUT2D eigenvalue weighted by Crippen LogP contribution is 2.32. The van der Waals surface area contributed by atoms with Crippen molar-refractivity contribution in [2.45, 2.75) is 12.8 Å². The van der Waals surface area contributed by atoms with Crippen LogP contribution in [0.25, 0.3) is 0 Å². The zero-order valence-electron chi connectivity index (χ0n) is 10.3. The van der Waals surface area contributed by atoms with E-state index in [4.69, 9.17) is 10.8 Å². The molecular formula is C13H15BrN2O3. The molecule has 1 fully saturated rings. The minimum atomic E-state index is -0.755. The first-order valence-electron chi connectivity index (χ1n) is 6.03. The first-order chi connectivity index (χ1) is 8.97. The Morgan fingerprint density at radius 3 is 2.79 bits per heavy atom. The number of aliphatic carboxylic acids is 1. The van der Waals surface area contributed by atoms with Crippen LogP contribution in [0.1, 0.15) is 23.2 Å². The first-order valence-corrected chi connectivity index (χ1v) is 6.82. The summed E-state index contributed by atoms with van der Waals surface area (Å²) in [6, 6.07) is 5.22. The van der Waals surface area contributed by atoms with Gasteiger partial charge in [-0.2, -0.15) is 0 Å². The van der Waals surface area contributed by atoms with Gasteiger partial charge in [0, 0.05) is 29.5 Å². The highest BCUT2D eigenvalue weighted by molar-refractivity contribution is 9.10. The van der Waals surface area contributed by atoms with Gasteiger partial charge in [-0.05, 0) is 46.5 Å². The number of carboxylic acids is 1. The average molecular weight is 327 g/mol. The molecule has 2 rings (SSSR count). The molecule has 0 radical (unpaired) electrons. The van der Waals surface area contributed by atoms with Gasteiger partial charge in [-0.15, -0.1) is 0 Å². The number of carbonyl (C=O) groups is 2. The average Bonchev–Trinajstić information content (AvgIpc) is 2.76. The fraction of sp³-hybridized carbons (Fsp3) is 0.385. The van der Waals surface area contributed by atoms with Crippen LogP contribution >= 0.6 is 15.9 Å². The van der Waals surface area contributed by atoms with E-state index in [1.54, 1.807) is 12.1 Å². The summed E-state index contributed by atoms with van der Waals surface area (Å²) >= 11 is 3.43. The van der Waals surface area contributed by atoms with Crippen molar-refractivity contribution in [2.75, 3.05) is 18.0 Å². The molecule has 0 aliphatic carbocycles. The Bertz CT molecular complexity index is 519. The Morgan fingerprint density at radius 2 is 2.21 bits per heavy atom. The molecule has 0 spiro atoms. The lowest BCUT2D eigenvalue weighted by Crippen LogP contribution is -2.21. The van der Waals surface area contributed by atoms with Crippen molar-refractivity contribution in [3.8, 4) is 0 Å². The SMILES string of the molecule is NC(=O)c1ccc(N2CCC(CC(=O)O)C2)c(Br)c1. The van der Waals surface area contributed by atoms with Gasteiger partial charge in [0.2, 0.25) is 5.91 Å². The van der Waals surface area contributed by atoms with Crippen molar-refractivity contribution in [3.63, 3.8) is 0 Å². The molecule has 1 aromatic carbocycles. The van der Waals surface area contributed by atoms with Gasteiger partial charge >= 0.3 is 5.97 Å². The normalized spacial score (nSPS) is 18.6. The molecule has 102 valence electrons. The second kappa shape index (κ2) is 5.61. The smallest absolute Gasteiger partial charge is 0.303 e. The van der Waals surface area contributed by atoms with Crippen LogP contribution in [0.3, 0.4) is 0 Å². The number of rotatable bonds is 4. The van der Waals surface area contributed by atoms with E-state index in [2.05, 4.69) is 20.8 Å². The standard InChI is InChI=1S/C13H15BrN2O3/c14-10-6-9(13(15)19)1-2-11(10)16-4-3-8(7-16)5-12(17)18/h1-2,6,8H,3-5,7H2,(H2,15,19)(H,17,18). The van der Waals surface area contributed by atoms with E-state index in [-0.39, 0.29) is 12.3 Å². The molecule has 0 saturated carbocycles. The first kappa shape index (κ1) is 13.9. The van der Waals surface area contributed by atoms with Crippen LogP contribution in [-0.4, -0.2) is 30.1 Å². The van der Waals surface area contributed by atoms with E-state index in [1.807, 2.05) is 6.07 Å². The molecular weight excluding hydrogens is 312 g/mol. The predicted octanol–water partition coefficient (Wildman–Crippen LogP) is 1.85. The Labute approximate surface area is 119 Å². The van der Waals surface area contributed by atoms with Crippen molar-refractivity contribution >= 4 is 33.5 Å². The van der Waals surface area contributed by atoms with E-state index in [1.165, 1.54) is 0 Å². The molecule has 1 amide bonds. The minimum Gasteiger partial charge on any atom is -0.481 e. The van der Waals surface area contributed by atoms with Gasteiger partial charge in [0.1, 0.15) is 0 Å². The number of hydrogen-bond acceptors (Lipinski definition) is 3.